The van der Waals surface area contributed by atoms with Gasteiger partial charge in [-0.1, -0.05) is 55.2 Å². The van der Waals surface area contributed by atoms with Gasteiger partial charge in [-0.3, -0.25) is 9.10 Å². The number of hydrogen-bond acceptors (Lipinski definition) is 4. The molecule has 0 saturated heterocycles. The van der Waals surface area contributed by atoms with E-state index in [1.165, 1.54) is 18.2 Å². The molecule has 0 unspecified atom stereocenters. The third kappa shape index (κ3) is 5.19. The zero-order chi connectivity index (χ0) is 21.1. The molecule has 2 aromatic rings. The molecule has 0 radical (unpaired) electrons. The third-order valence-corrected chi connectivity index (χ3v) is 6.44. The molecule has 28 heavy (non-hydrogen) atoms. The molecule has 152 valence electrons. The van der Waals surface area contributed by atoms with Crippen LogP contribution >= 0.6 is 23.2 Å². The van der Waals surface area contributed by atoms with E-state index in [1.54, 1.807) is 26.0 Å². The molecule has 0 aliphatic rings. The molecule has 0 aromatic heterocycles. The van der Waals surface area contributed by atoms with Crippen molar-refractivity contribution in [3.05, 3.63) is 58.1 Å². The van der Waals surface area contributed by atoms with Crippen LogP contribution in [0.3, 0.4) is 0 Å². The molecule has 0 saturated carbocycles. The fourth-order valence-electron chi connectivity index (χ4n) is 2.68. The Bertz CT molecular complexity index is 958. The van der Waals surface area contributed by atoms with Crippen molar-refractivity contribution < 1.29 is 17.9 Å². The number of rotatable bonds is 7. The number of carbonyl (C=O) groups is 1. The lowest BCUT2D eigenvalue weighted by Crippen LogP contribution is -2.38. The minimum atomic E-state index is -4.09. The van der Waals surface area contributed by atoms with E-state index in [1.807, 2.05) is 26.0 Å². The standard InChI is InChI=1S/C20H23Cl2NO4S/c1-13(2)16-7-5-6-8-19(16)23(12-20(24)27-14(3)4)28(25,26)15-9-10-17(21)18(22)11-15/h5-11,13-14H,12H2,1-4H3. The lowest BCUT2D eigenvalue weighted by molar-refractivity contribution is -0.145. The third-order valence-electron chi connectivity index (χ3n) is 3.95. The summed E-state index contributed by atoms with van der Waals surface area (Å²) in [6.07, 6.45) is -0.359. The van der Waals surface area contributed by atoms with Crippen molar-refractivity contribution in [2.75, 3.05) is 10.8 Å². The van der Waals surface area contributed by atoms with Crippen molar-refractivity contribution in [1.29, 1.82) is 0 Å². The van der Waals surface area contributed by atoms with Crippen LogP contribution in [-0.2, 0) is 19.6 Å². The summed E-state index contributed by atoms with van der Waals surface area (Å²) in [6, 6.07) is 11.1. The highest BCUT2D eigenvalue weighted by atomic mass is 35.5. The Labute approximate surface area is 176 Å². The first kappa shape index (κ1) is 22.5. The molecule has 0 spiro atoms. The second-order valence-electron chi connectivity index (χ2n) is 6.84. The van der Waals surface area contributed by atoms with Crippen molar-refractivity contribution in [3.63, 3.8) is 0 Å². The number of sulfonamides is 1. The fourth-order valence-corrected chi connectivity index (χ4v) is 4.51. The van der Waals surface area contributed by atoms with E-state index in [0.29, 0.717) is 5.69 Å². The molecular formula is C20H23Cl2NO4S. The first-order valence-corrected chi connectivity index (χ1v) is 11.0. The van der Waals surface area contributed by atoms with E-state index in [2.05, 4.69) is 0 Å². The molecule has 0 N–H and O–H groups in total. The molecule has 0 aliphatic heterocycles. The summed E-state index contributed by atoms with van der Waals surface area (Å²) in [5.74, 6) is -0.596. The van der Waals surface area contributed by atoms with Gasteiger partial charge in [0.05, 0.1) is 26.7 Å². The van der Waals surface area contributed by atoms with E-state index in [9.17, 15) is 13.2 Å². The molecular weight excluding hydrogens is 421 g/mol. The number of halogens is 2. The average molecular weight is 444 g/mol. The smallest absolute Gasteiger partial charge is 0.327 e. The molecule has 2 aromatic carbocycles. The zero-order valence-electron chi connectivity index (χ0n) is 16.1. The molecule has 0 amide bonds. The van der Waals surface area contributed by atoms with E-state index in [0.717, 1.165) is 9.87 Å². The maximum atomic E-state index is 13.4. The second-order valence-corrected chi connectivity index (χ2v) is 9.52. The van der Waals surface area contributed by atoms with Gasteiger partial charge >= 0.3 is 5.97 Å². The van der Waals surface area contributed by atoms with Gasteiger partial charge in [0.15, 0.2) is 0 Å². The number of para-hydroxylation sites is 1. The Hall–Kier alpha value is -1.76. The Morgan fingerprint density at radius 3 is 2.25 bits per heavy atom. The molecule has 2 rings (SSSR count). The Kier molecular flexibility index (Phi) is 7.37. The Morgan fingerprint density at radius 2 is 1.68 bits per heavy atom. The number of ether oxygens (including phenoxy) is 1. The quantitative estimate of drug-likeness (QED) is 0.547. The number of benzene rings is 2. The molecule has 5 nitrogen and oxygen atoms in total. The number of nitrogens with zero attached hydrogens (tertiary/aromatic N) is 1. The number of hydrogen-bond donors (Lipinski definition) is 0. The van der Waals surface area contributed by atoms with E-state index < -0.39 is 22.5 Å². The summed E-state index contributed by atoms with van der Waals surface area (Å²) >= 11 is 11.9. The van der Waals surface area contributed by atoms with Crippen LogP contribution in [0.25, 0.3) is 0 Å². The lowest BCUT2D eigenvalue weighted by Gasteiger charge is -2.27. The highest BCUT2D eigenvalue weighted by Crippen LogP contribution is 2.33. The summed E-state index contributed by atoms with van der Waals surface area (Å²) in [7, 11) is -4.09. The van der Waals surface area contributed by atoms with Crippen molar-refractivity contribution in [3.8, 4) is 0 Å². The summed E-state index contributed by atoms with van der Waals surface area (Å²) < 4.78 is 33.1. The van der Waals surface area contributed by atoms with Gasteiger partial charge in [0.1, 0.15) is 6.54 Å². The molecule has 0 heterocycles. The van der Waals surface area contributed by atoms with E-state index in [4.69, 9.17) is 27.9 Å². The van der Waals surface area contributed by atoms with E-state index >= 15 is 0 Å². The topological polar surface area (TPSA) is 63.7 Å². The normalized spacial score (nSPS) is 11.7. The van der Waals surface area contributed by atoms with Gasteiger partial charge in [0.2, 0.25) is 0 Å². The predicted octanol–water partition coefficient (Wildman–Crippen LogP) is 5.26. The van der Waals surface area contributed by atoms with Gasteiger partial charge in [-0.05, 0) is 49.6 Å². The molecule has 0 aliphatic carbocycles. The minimum Gasteiger partial charge on any atom is -0.462 e. The zero-order valence-corrected chi connectivity index (χ0v) is 18.5. The van der Waals surface area contributed by atoms with Crippen LogP contribution in [-0.4, -0.2) is 27.0 Å². The lowest BCUT2D eigenvalue weighted by atomic mass is 10.0. The minimum absolute atomic E-state index is 0.0452. The number of carbonyl (C=O) groups excluding carboxylic acids is 1. The summed E-state index contributed by atoms with van der Waals surface area (Å²) in [5, 5.41) is 0.360. The first-order chi connectivity index (χ1) is 13.0. The molecule has 0 atom stereocenters. The van der Waals surface area contributed by atoms with Crippen LogP contribution in [0.5, 0.6) is 0 Å². The maximum Gasteiger partial charge on any atom is 0.327 e. The average Bonchev–Trinajstić information content (AvgIpc) is 2.61. The van der Waals surface area contributed by atoms with Crippen LogP contribution < -0.4 is 4.31 Å². The highest BCUT2D eigenvalue weighted by molar-refractivity contribution is 7.92. The SMILES string of the molecule is CC(C)OC(=O)CN(c1ccccc1C(C)C)S(=O)(=O)c1ccc(Cl)c(Cl)c1. The fraction of sp³-hybridized carbons (Fsp3) is 0.350. The van der Waals surface area contributed by atoms with Gasteiger partial charge in [-0.25, -0.2) is 8.42 Å². The van der Waals surface area contributed by atoms with Crippen LogP contribution in [0.2, 0.25) is 10.0 Å². The summed E-state index contributed by atoms with van der Waals surface area (Å²) in [4.78, 5) is 12.3. The second kappa shape index (κ2) is 9.16. The predicted molar refractivity (Wildman–Crippen MR) is 113 cm³/mol. The van der Waals surface area contributed by atoms with Crippen LogP contribution in [0.1, 0.15) is 39.2 Å². The van der Waals surface area contributed by atoms with E-state index in [-0.39, 0.29) is 27.0 Å². The summed E-state index contributed by atoms with van der Waals surface area (Å²) in [5.41, 5.74) is 1.22. The molecule has 0 fully saturated rings. The van der Waals surface area contributed by atoms with Gasteiger partial charge in [-0.15, -0.1) is 0 Å². The van der Waals surface area contributed by atoms with Crippen molar-refractivity contribution in [2.45, 2.75) is 44.6 Å². The highest BCUT2D eigenvalue weighted by Gasteiger charge is 2.30. The van der Waals surface area contributed by atoms with Crippen molar-refractivity contribution in [2.24, 2.45) is 0 Å². The number of anilines is 1. The first-order valence-electron chi connectivity index (χ1n) is 8.80. The van der Waals surface area contributed by atoms with Crippen LogP contribution in [0.4, 0.5) is 5.69 Å². The maximum absolute atomic E-state index is 13.4. The van der Waals surface area contributed by atoms with Gasteiger partial charge in [0, 0.05) is 0 Å². The molecule has 8 heteroatoms. The summed E-state index contributed by atoms with van der Waals surface area (Å²) in [6.45, 7) is 6.87. The largest absolute Gasteiger partial charge is 0.462 e. The van der Waals surface area contributed by atoms with Crippen molar-refractivity contribution >= 4 is 44.9 Å². The monoisotopic (exact) mass is 443 g/mol. The van der Waals surface area contributed by atoms with Gasteiger partial charge in [-0.2, -0.15) is 0 Å². The van der Waals surface area contributed by atoms with Crippen LogP contribution in [0.15, 0.2) is 47.4 Å². The Balaban J connectivity index is 2.61. The number of esters is 1. The Morgan fingerprint density at radius 1 is 1.04 bits per heavy atom. The van der Waals surface area contributed by atoms with Crippen molar-refractivity contribution in [1.82, 2.24) is 0 Å². The van der Waals surface area contributed by atoms with Gasteiger partial charge < -0.3 is 4.74 Å². The molecule has 0 bridgehead atoms. The van der Waals surface area contributed by atoms with Gasteiger partial charge in [0.25, 0.3) is 10.0 Å². The van der Waals surface area contributed by atoms with Crippen LogP contribution in [0, 0.1) is 0 Å².